The third-order valence-electron chi connectivity index (χ3n) is 6.18. The minimum atomic E-state index is -0.161. The van der Waals surface area contributed by atoms with E-state index in [1.807, 2.05) is 0 Å². The molecule has 3 aromatic carbocycles. The van der Waals surface area contributed by atoms with Crippen molar-refractivity contribution >= 4 is 0 Å². The van der Waals surface area contributed by atoms with Crippen LogP contribution >= 0.6 is 0 Å². The fraction of sp³-hybridized carbons (Fsp3) is 0.308. The molecule has 4 rings (SSSR count). The smallest absolute Gasteiger partial charge is 0.0609 e. The Hall–Kier alpha value is -2.46. The van der Waals surface area contributed by atoms with E-state index < -0.39 is 0 Å². The molecule has 0 radical (unpaired) electrons. The lowest BCUT2D eigenvalue weighted by molar-refractivity contribution is 0.0651. The molecule has 150 valence electrons. The summed E-state index contributed by atoms with van der Waals surface area (Å²) in [7, 11) is 0. The topological polar surface area (TPSA) is 43.7 Å². The van der Waals surface area contributed by atoms with Crippen LogP contribution in [0, 0.1) is 6.92 Å². The fourth-order valence-corrected chi connectivity index (χ4v) is 4.36. The Morgan fingerprint density at radius 3 is 2.45 bits per heavy atom. The number of rotatable bonds is 6. The molecule has 0 unspecified atom stereocenters. The van der Waals surface area contributed by atoms with Crippen molar-refractivity contribution < 1.29 is 10.2 Å². The van der Waals surface area contributed by atoms with Crippen LogP contribution in [0.3, 0.4) is 0 Å². The van der Waals surface area contributed by atoms with Crippen LogP contribution in [0.5, 0.6) is 0 Å². The van der Waals surface area contributed by atoms with Crippen molar-refractivity contribution in [2.75, 3.05) is 19.8 Å². The normalized spacial score (nSPS) is 14.2. The van der Waals surface area contributed by atoms with Gasteiger partial charge in [0.2, 0.25) is 0 Å². The number of fused-ring (bicyclic) bond motifs is 1. The SMILES string of the molecule is Cc1c(Cc2ccc3c(c2)CCN(C(CO)CO)C3)cccc1-c1ccccc1. The number of aliphatic hydroxyl groups excluding tert-OH is 2. The first-order valence-electron chi connectivity index (χ1n) is 10.4. The summed E-state index contributed by atoms with van der Waals surface area (Å²) >= 11 is 0. The van der Waals surface area contributed by atoms with Crippen LogP contribution < -0.4 is 0 Å². The predicted octanol–water partition coefficient (Wildman–Crippen LogP) is 3.96. The van der Waals surface area contributed by atoms with Gasteiger partial charge in [-0.25, -0.2) is 0 Å². The summed E-state index contributed by atoms with van der Waals surface area (Å²) in [6.07, 6.45) is 1.89. The maximum absolute atomic E-state index is 9.46. The number of benzene rings is 3. The monoisotopic (exact) mass is 387 g/mol. The van der Waals surface area contributed by atoms with Crippen LogP contribution in [0.4, 0.5) is 0 Å². The zero-order valence-corrected chi connectivity index (χ0v) is 17.0. The highest BCUT2D eigenvalue weighted by Gasteiger charge is 2.22. The van der Waals surface area contributed by atoms with Crippen LogP contribution in [0.25, 0.3) is 11.1 Å². The summed E-state index contributed by atoms with van der Waals surface area (Å²) in [4.78, 5) is 2.18. The van der Waals surface area contributed by atoms with E-state index in [4.69, 9.17) is 0 Å². The van der Waals surface area contributed by atoms with Gasteiger partial charge >= 0.3 is 0 Å². The van der Waals surface area contributed by atoms with Crippen molar-refractivity contribution in [3.8, 4) is 11.1 Å². The van der Waals surface area contributed by atoms with Crippen molar-refractivity contribution in [3.63, 3.8) is 0 Å². The number of hydrogen-bond donors (Lipinski definition) is 2. The van der Waals surface area contributed by atoms with Gasteiger partial charge in [-0.15, -0.1) is 0 Å². The van der Waals surface area contributed by atoms with Crippen molar-refractivity contribution in [1.29, 1.82) is 0 Å². The Labute approximate surface area is 173 Å². The molecule has 1 aliphatic rings. The zero-order valence-electron chi connectivity index (χ0n) is 17.0. The molecule has 2 N–H and O–H groups in total. The summed E-state index contributed by atoms with van der Waals surface area (Å²) in [5.41, 5.74) is 9.31. The van der Waals surface area contributed by atoms with Gasteiger partial charge in [0.1, 0.15) is 0 Å². The van der Waals surface area contributed by atoms with Crippen LogP contribution in [0.15, 0.2) is 66.7 Å². The standard InChI is InChI=1S/C26H29NO2/c1-19-22(8-5-9-26(19)21-6-3-2-4-7-21)14-20-10-11-24-16-27(25(17-28)18-29)13-12-23(24)15-20/h2-11,15,25,28-29H,12-14,16-18H2,1H3. The molecule has 0 spiro atoms. The maximum atomic E-state index is 9.46. The van der Waals surface area contributed by atoms with Crippen molar-refractivity contribution in [2.45, 2.75) is 32.4 Å². The van der Waals surface area contributed by atoms with E-state index in [1.54, 1.807) is 0 Å². The second-order valence-corrected chi connectivity index (χ2v) is 7.98. The maximum Gasteiger partial charge on any atom is 0.0609 e. The van der Waals surface area contributed by atoms with Gasteiger partial charge in [-0.3, -0.25) is 4.90 Å². The Kier molecular flexibility index (Phi) is 6.10. The van der Waals surface area contributed by atoms with Gasteiger partial charge in [0.25, 0.3) is 0 Å². The highest BCUT2D eigenvalue weighted by molar-refractivity contribution is 5.68. The predicted molar refractivity (Wildman–Crippen MR) is 118 cm³/mol. The van der Waals surface area contributed by atoms with Gasteiger partial charge in [-0.2, -0.15) is 0 Å². The largest absolute Gasteiger partial charge is 0.395 e. The Balaban J connectivity index is 1.55. The van der Waals surface area contributed by atoms with E-state index >= 15 is 0 Å². The second kappa shape index (κ2) is 8.91. The van der Waals surface area contributed by atoms with Crippen molar-refractivity contribution in [1.82, 2.24) is 4.90 Å². The van der Waals surface area contributed by atoms with Crippen LogP contribution in [0.2, 0.25) is 0 Å². The van der Waals surface area contributed by atoms with E-state index in [9.17, 15) is 10.2 Å². The van der Waals surface area contributed by atoms with Gasteiger partial charge < -0.3 is 10.2 Å². The van der Waals surface area contributed by atoms with Crippen LogP contribution in [-0.4, -0.2) is 40.9 Å². The Bertz CT molecular complexity index is 964. The van der Waals surface area contributed by atoms with E-state index in [2.05, 4.69) is 78.6 Å². The highest BCUT2D eigenvalue weighted by Crippen LogP contribution is 2.28. The van der Waals surface area contributed by atoms with Crippen LogP contribution in [-0.2, 0) is 19.4 Å². The molecule has 0 saturated heterocycles. The minimum Gasteiger partial charge on any atom is -0.395 e. The lowest BCUT2D eigenvalue weighted by atomic mass is 9.91. The molecule has 0 aliphatic carbocycles. The van der Waals surface area contributed by atoms with Gasteiger partial charge in [-0.1, -0.05) is 66.7 Å². The lowest BCUT2D eigenvalue weighted by Gasteiger charge is -2.34. The fourth-order valence-electron chi connectivity index (χ4n) is 4.36. The molecule has 0 atom stereocenters. The Morgan fingerprint density at radius 1 is 0.897 bits per heavy atom. The molecule has 3 heteroatoms. The molecule has 29 heavy (non-hydrogen) atoms. The molecule has 0 aromatic heterocycles. The molecular formula is C26H29NO2. The molecule has 3 nitrogen and oxygen atoms in total. The summed E-state index contributed by atoms with van der Waals surface area (Å²) < 4.78 is 0. The van der Waals surface area contributed by atoms with Gasteiger partial charge in [0, 0.05) is 13.1 Å². The third-order valence-corrected chi connectivity index (χ3v) is 6.18. The van der Waals surface area contributed by atoms with E-state index in [0.717, 1.165) is 25.9 Å². The number of hydrogen-bond acceptors (Lipinski definition) is 3. The van der Waals surface area contributed by atoms with Crippen LogP contribution in [0.1, 0.15) is 27.8 Å². The van der Waals surface area contributed by atoms with E-state index in [0.29, 0.717) is 0 Å². The first-order valence-corrected chi connectivity index (χ1v) is 10.4. The van der Waals surface area contributed by atoms with Gasteiger partial charge in [-0.05, 0) is 58.7 Å². The average molecular weight is 388 g/mol. The summed E-state index contributed by atoms with van der Waals surface area (Å²) in [5, 5.41) is 18.9. The number of nitrogens with zero attached hydrogens (tertiary/aromatic N) is 1. The van der Waals surface area contributed by atoms with Gasteiger partial charge in [0.15, 0.2) is 0 Å². The summed E-state index contributed by atoms with van der Waals surface area (Å²) in [6, 6.07) is 23.8. The summed E-state index contributed by atoms with van der Waals surface area (Å²) in [5.74, 6) is 0. The molecule has 3 aromatic rings. The van der Waals surface area contributed by atoms with Crippen molar-refractivity contribution in [3.05, 3.63) is 94.5 Å². The number of aliphatic hydroxyl groups is 2. The quantitative estimate of drug-likeness (QED) is 0.673. The third kappa shape index (κ3) is 4.27. The van der Waals surface area contributed by atoms with E-state index in [1.165, 1.54) is 38.9 Å². The zero-order chi connectivity index (χ0) is 20.2. The van der Waals surface area contributed by atoms with Gasteiger partial charge in [0.05, 0.1) is 19.3 Å². The molecule has 0 saturated carbocycles. The summed E-state index contributed by atoms with van der Waals surface area (Å²) in [6.45, 7) is 3.90. The molecule has 0 fully saturated rings. The highest BCUT2D eigenvalue weighted by atomic mass is 16.3. The second-order valence-electron chi connectivity index (χ2n) is 7.98. The average Bonchev–Trinajstić information content (AvgIpc) is 2.77. The lowest BCUT2D eigenvalue weighted by Crippen LogP contribution is -2.43. The molecule has 0 amide bonds. The molecular weight excluding hydrogens is 358 g/mol. The molecule has 0 bridgehead atoms. The minimum absolute atomic E-state index is 0.000941. The van der Waals surface area contributed by atoms with E-state index in [-0.39, 0.29) is 19.3 Å². The molecule has 1 heterocycles. The first-order chi connectivity index (χ1) is 14.2. The Morgan fingerprint density at radius 2 is 1.69 bits per heavy atom. The molecule has 1 aliphatic heterocycles. The van der Waals surface area contributed by atoms with Crippen molar-refractivity contribution in [2.24, 2.45) is 0 Å². The first kappa shape index (κ1) is 19.8.